The summed E-state index contributed by atoms with van der Waals surface area (Å²) in [6.45, 7) is 4.86. The molecule has 0 unspecified atom stereocenters. The number of amides is 1. The van der Waals surface area contributed by atoms with Gasteiger partial charge in [-0.05, 0) is 25.7 Å². The topological polar surface area (TPSA) is 72.9 Å². The first-order valence-electron chi connectivity index (χ1n) is 6.11. The van der Waals surface area contributed by atoms with Gasteiger partial charge in [0.1, 0.15) is 0 Å². The van der Waals surface area contributed by atoms with Crippen molar-refractivity contribution in [2.75, 3.05) is 5.32 Å². The van der Waals surface area contributed by atoms with E-state index in [1.54, 1.807) is 17.1 Å². The Morgan fingerprint density at radius 1 is 1.72 bits per heavy atom. The average molecular weight is 266 g/mol. The number of thiocarbonyl (C=S) groups is 1. The van der Waals surface area contributed by atoms with Crippen molar-refractivity contribution >= 4 is 28.8 Å². The van der Waals surface area contributed by atoms with Crippen molar-refractivity contribution < 1.29 is 4.79 Å². The van der Waals surface area contributed by atoms with Gasteiger partial charge in [-0.25, -0.2) is 0 Å². The summed E-state index contributed by atoms with van der Waals surface area (Å²) in [6, 6.07) is 0. The van der Waals surface area contributed by atoms with Crippen LogP contribution in [0.4, 0.5) is 5.69 Å². The van der Waals surface area contributed by atoms with E-state index in [0.29, 0.717) is 16.6 Å². The second-order valence-electron chi connectivity index (χ2n) is 5.00. The maximum atomic E-state index is 12.3. The zero-order valence-electron chi connectivity index (χ0n) is 10.6. The molecule has 0 spiro atoms. The molecular weight excluding hydrogens is 248 g/mol. The van der Waals surface area contributed by atoms with Gasteiger partial charge in [0, 0.05) is 12.7 Å². The number of hydrogen-bond acceptors (Lipinski definition) is 3. The van der Waals surface area contributed by atoms with Gasteiger partial charge in [0.05, 0.1) is 22.3 Å². The number of carbonyl (C=O) groups excluding carboxylic acids is 1. The summed E-state index contributed by atoms with van der Waals surface area (Å²) >= 11 is 5.05. The van der Waals surface area contributed by atoms with Crippen LogP contribution in [-0.2, 0) is 11.3 Å². The first-order valence-corrected chi connectivity index (χ1v) is 6.52. The third-order valence-electron chi connectivity index (χ3n) is 3.52. The fourth-order valence-corrected chi connectivity index (χ4v) is 2.74. The number of aromatic nitrogens is 2. The van der Waals surface area contributed by atoms with Crippen LogP contribution in [0.5, 0.6) is 0 Å². The molecule has 3 N–H and O–H groups in total. The Morgan fingerprint density at radius 2 is 2.39 bits per heavy atom. The maximum Gasteiger partial charge on any atom is 0.237 e. The molecule has 6 heteroatoms. The number of carbonyl (C=O) groups is 1. The molecular formula is C12H18N4OS. The highest BCUT2D eigenvalue weighted by Crippen LogP contribution is 2.46. The highest BCUT2D eigenvalue weighted by atomic mass is 32.1. The van der Waals surface area contributed by atoms with Crippen molar-refractivity contribution in [2.24, 2.45) is 17.1 Å². The molecule has 0 aliphatic heterocycles. The lowest BCUT2D eigenvalue weighted by atomic mass is 9.62. The minimum Gasteiger partial charge on any atom is -0.392 e. The van der Waals surface area contributed by atoms with Gasteiger partial charge >= 0.3 is 0 Å². The first-order chi connectivity index (χ1) is 8.48. The quantitative estimate of drug-likeness (QED) is 0.811. The number of anilines is 1. The molecule has 0 bridgehead atoms. The summed E-state index contributed by atoms with van der Waals surface area (Å²) in [4.78, 5) is 12.6. The third-order valence-corrected chi connectivity index (χ3v) is 3.91. The van der Waals surface area contributed by atoms with Crippen molar-refractivity contribution in [1.29, 1.82) is 0 Å². The van der Waals surface area contributed by atoms with E-state index in [1.165, 1.54) is 0 Å². The molecule has 0 atom stereocenters. The van der Waals surface area contributed by atoms with Crippen molar-refractivity contribution in [3.05, 3.63) is 12.4 Å². The van der Waals surface area contributed by atoms with Crippen LogP contribution in [0, 0.1) is 11.3 Å². The molecule has 5 nitrogen and oxygen atoms in total. The molecule has 0 radical (unpaired) electrons. The molecule has 1 saturated carbocycles. The van der Waals surface area contributed by atoms with Gasteiger partial charge in [-0.1, -0.05) is 19.1 Å². The smallest absolute Gasteiger partial charge is 0.237 e. The van der Waals surface area contributed by atoms with Crippen LogP contribution in [0.3, 0.4) is 0 Å². The lowest BCUT2D eigenvalue weighted by Crippen LogP contribution is -2.53. The number of nitrogens with one attached hydrogen (secondary N) is 1. The van der Waals surface area contributed by atoms with Gasteiger partial charge in [-0.15, -0.1) is 0 Å². The Balaban J connectivity index is 2.09. The highest BCUT2D eigenvalue weighted by Gasteiger charge is 2.50. The summed E-state index contributed by atoms with van der Waals surface area (Å²) in [5, 5.41) is 6.96. The SMILES string of the molecule is CCn1cc(NC(=O)C2(C(N)=S)CC(C)C2)cn1. The highest BCUT2D eigenvalue weighted by molar-refractivity contribution is 7.80. The monoisotopic (exact) mass is 266 g/mol. The number of nitrogens with two attached hydrogens (primary N) is 1. The van der Waals surface area contributed by atoms with Gasteiger partial charge in [-0.3, -0.25) is 9.48 Å². The Morgan fingerprint density at radius 3 is 2.83 bits per heavy atom. The molecule has 1 aliphatic carbocycles. The molecule has 2 rings (SSSR count). The Hall–Kier alpha value is -1.43. The fourth-order valence-electron chi connectivity index (χ4n) is 2.48. The van der Waals surface area contributed by atoms with Gasteiger partial charge < -0.3 is 11.1 Å². The van der Waals surface area contributed by atoms with Gasteiger partial charge in [0.25, 0.3) is 0 Å². The molecule has 0 saturated heterocycles. The molecule has 1 aromatic rings. The summed E-state index contributed by atoms with van der Waals surface area (Å²) in [6.07, 6.45) is 4.90. The summed E-state index contributed by atoms with van der Waals surface area (Å²) in [5.41, 5.74) is 5.76. The van der Waals surface area contributed by atoms with E-state index in [9.17, 15) is 4.79 Å². The second-order valence-corrected chi connectivity index (χ2v) is 5.44. The van der Waals surface area contributed by atoms with Gasteiger partial charge in [0.2, 0.25) is 5.91 Å². The standard InChI is InChI=1S/C12H18N4OS/c1-3-16-7-9(6-14-16)15-11(17)12(10(13)18)4-8(2)5-12/h6-8H,3-5H2,1-2H3,(H2,13,18)(H,15,17). The Labute approximate surface area is 112 Å². The molecule has 0 aromatic carbocycles. The summed E-state index contributed by atoms with van der Waals surface area (Å²) < 4.78 is 1.76. The van der Waals surface area contributed by atoms with Crippen LogP contribution in [0.2, 0.25) is 0 Å². The second kappa shape index (κ2) is 4.68. The van der Waals surface area contributed by atoms with E-state index >= 15 is 0 Å². The molecule has 1 heterocycles. The van der Waals surface area contributed by atoms with Gasteiger partial charge in [0.15, 0.2) is 0 Å². The van der Waals surface area contributed by atoms with Crippen molar-refractivity contribution in [3.8, 4) is 0 Å². The van der Waals surface area contributed by atoms with Crippen molar-refractivity contribution in [1.82, 2.24) is 9.78 Å². The molecule has 1 fully saturated rings. The predicted molar refractivity (Wildman–Crippen MR) is 74.1 cm³/mol. The molecule has 1 amide bonds. The Bertz CT molecular complexity index is 476. The van der Waals surface area contributed by atoms with E-state index in [4.69, 9.17) is 18.0 Å². The first kappa shape index (κ1) is 13.0. The number of rotatable bonds is 4. The molecule has 18 heavy (non-hydrogen) atoms. The van der Waals surface area contributed by atoms with Gasteiger partial charge in [-0.2, -0.15) is 5.10 Å². The van der Waals surface area contributed by atoms with E-state index < -0.39 is 5.41 Å². The summed E-state index contributed by atoms with van der Waals surface area (Å²) in [7, 11) is 0. The Kier molecular flexibility index (Phi) is 3.38. The van der Waals surface area contributed by atoms with Crippen LogP contribution < -0.4 is 11.1 Å². The molecule has 1 aromatic heterocycles. The van der Waals surface area contributed by atoms with Crippen LogP contribution in [0.15, 0.2) is 12.4 Å². The number of nitrogens with zero attached hydrogens (tertiary/aromatic N) is 2. The largest absolute Gasteiger partial charge is 0.392 e. The van der Waals surface area contributed by atoms with E-state index in [1.807, 2.05) is 6.92 Å². The minimum atomic E-state index is -0.664. The average Bonchev–Trinajstić information content (AvgIpc) is 2.71. The minimum absolute atomic E-state index is 0.108. The van der Waals surface area contributed by atoms with Crippen LogP contribution >= 0.6 is 12.2 Å². The third kappa shape index (κ3) is 2.12. The maximum absolute atomic E-state index is 12.3. The number of hydrogen-bond donors (Lipinski definition) is 2. The van der Waals surface area contributed by atoms with Crippen LogP contribution in [-0.4, -0.2) is 20.7 Å². The van der Waals surface area contributed by atoms with Crippen LogP contribution in [0.25, 0.3) is 0 Å². The zero-order valence-corrected chi connectivity index (χ0v) is 11.5. The lowest BCUT2D eigenvalue weighted by Gasteiger charge is -2.43. The predicted octanol–water partition coefficient (Wildman–Crippen LogP) is 1.54. The number of aryl methyl sites for hydroxylation is 1. The molecule has 1 aliphatic rings. The fraction of sp³-hybridized carbons (Fsp3) is 0.583. The molecule has 98 valence electrons. The zero-order chi connectivity index (χ0) is 13.3. The lowest BCUT2D eigenvalue weighted by molar-refractivity contribution is -0.127. The summed E-state index contributed by atoms with van der Waals surface area (Å²) in [5.74, 6) is 0.388. The van der Waals surface area contributed by atoms with E-state index in [-0.39, 0.29) is 5.91 Å². The normalized spacial score (nSPS) is 26.4. The van der Waals surface area contributed by atoms with E-state index in [0.717, 1.165) is 19.4 Å². The van der Waals surface area contributed by atoms with Crippen LogP contribution in [0.1, 0.15) is 26.7 Å². The van der Waals surface area contributed by atoms with Crippen molar-refractivity contribution in [3.63, 3.8) is 0 Å². The van der Waals surface area contributed by atoms with E-state index in [2.05, 4.69) is 17.3 Å². The van der Waals surface area contributed by atoms with Crippen molar-refractivity contribution in [2.45, 2.75) is 33.2 Å².